The summed E-state index contributed by atoms with van der Waals surface area (Å²) in [5.74, 6) is -3.04. The van der Waals surface area contributed by atoms with Crippen LogP contribution in [0, 0.1) is 0 Å². The maximum Gasteiger partial charge on any atom is 0.471 e. The number of amides is 1. The van der Waals surface area contributed by atoms with E-state index in [1.807, 2.05) is 0 Å². The number of Topliss-reactive ketones (excluding diaryl/α,β-unsaturated/α-hetero) is 1. The Labute approximate surface area is 192 Å². The van der Waals surface area contributed by atoms with E-state index in [9.17, 15) is 22.8 Å². The summed E-state index contributed by atoms with van der Waals surface area (Å²) < 4.78 is 42.2. The number of nitrogens with zero attached hydrogens (tertiary/aromatic N) is 3. The van der Waals surface area contributed by atoms with Crippen molar-refractivity contribution in [3.63, 3.8) is 0 Å². The highest BCUT2D eigenvalue weighted by Gasteiger charge is 2.38. The lowest BCUT2D eigenvalue weighted by Gasteiger charge is -2.21. The number of hydrogen-bond acceptors (Lipinski definition) is 6. The quantitative estimate of drug-likeness (QED) is 0.307. The standard InChI is InChI=1S/C22H19ClF3N3O4/c1-2-3-18(30)20(31)29(32-13-15-6-10-17(23)11-7-15)12-14-4-8-16(9-5-14)19-27-21(33-28-19)22(24,25)26/h4-11H,2-3,12-13H2,1H3. The van der Waals surface area contributed by atoms with Crippen LogP contribution in [0.3, 0.4) is 0 Å². The summed E-state index contributed by atoms with van der Waals surface area (Å²) in [5, 5.41) is 4.85. The SMILES string of the molecule is CCCC(=O)C(=O)N(Cc1ccc(-c2noc(C(F)(F)F)n2)cc1)OCc1ccc(Cl)cc1. The average molecular weight is 482 g/mol. The minimum Gasteiger partial charge on any atom is -0.329 e. The third-order valence-electron chi connectivity index (χ3n) is 4.45. The van der Waals surface area contributed by atoms with Gasteiger partial charge in [0.05, 0.1) is 6.54 Å². The van der Waals surface area contributed by atoms with Crippen molar-refractivity contribution >= 4 is 23.3 Å². The first-order valence-corrected chi connectivity index (χ1v) is 10.3. The number of alkyl halides is 3. The Bertz CT molecular complexity index is 1100. The molecule has 11 heteroatoms. The highest BCUT2D eigenvalue weighted by molar-refractivity contribution is 6.35. The molecule has 2 aromatic carbocycles. The van der Waals surface area contributed by atoms with Crippen molar-refractivity contribution in [1.82, 2.24) is 15.2 Å². The van der Waals surface area contributed by atoms with Gasteiger partial charge in [-0.25, -0.2) is 5.06 Å². The lowest BCUT2D eigenvalue weighted by Crippen LogP contribution is -2.36. The molecule has 0 spiro atoms. The van der Waals surface area contributed by atoms with E-state index in [0.717, 1.165) is 10.6 Å². The predicted octanol–water partition coefficient (Wildman–Crippen LogP) is 5.24. The van der Waals surface area contributed by atoms with E-state index in [1.165, 1.54) is 12.1 Å². The molecule has 0 N–H and O–H groups in total. The van der Waals surface area contributed by atoms with Crippen LogP contribution in [0.15, 0.2) is 53.1 Å². The van der Waals surface area contributed by atoms with Crippen LogP contribution < -0.4 is 0 Å². The number of carbonyl (C=O) groups excluding carboxylic acids is 2. The molecule has 1 aromatic heterocycles. The van der Waals surface area contributed by atoms with Gasteiger partial charge in [0.2, 0.25) is 11.6 Å². The zero-order valence-electron chi connectivity index (χ0n) is 17.4. The molecule has 7 nitrogen and oxygen atoms in total. The van der Waals surface area contributed by atoms with Gasteiger partial charge >= 0.3 is 18.0 Å². The molecule has 0 atom stereocenters. The van der Waals surface area contributed by atoms with Gasteiger partial charge in [0.15, 0.2) is 0 Å². The van der Waals surface area contributed by atoms with Crippen LogP contribution in [0.5, 0.6) is 0 Å². The molecule has 33 heavy (non-hydrogen) atoms. The van der Waals surface area contributed by atoms with E-state index in [0.29, 0.717) is 22.6 Å². The first-order valence-electron chi connectivity index (χ1n) is 9.89. The first-order chi connectivity index (χ1) is 15.7. The zero-order valence-corrected chi connectivity index (χ0v) is 18.2. The summed E-state index contributed by atoms with van der Waals surface area (Å²) >= 11 is 5.87. The number of rotatable bonds is 9. The molecule has 3 rings (SSSR count). The maximum absolute atomic E-state index is 12.7. The molecule has 0 unspecified atom stereocenters. The molecule has 0 aliphatic rings. The van der Waals surface area contributed by atoms with Gasteiger partial charge in [0.1, 0.15) is 6.61 Å². The molecule has 1 amide bonds. The average Bonchev–Trinajstić information content (AvgIpc) is 3.29. The Kier molecular flexibility index (Phi) is 7.83. The highest BCUT2D eigenvalue weighted by atomic mass is 35.5. The summed E-state index contributed by atoms with van der Waals surface area (Å²) in [7, 11) is 0. The molecule has 3 aromatic rings. The van der Waals surface area contributed by atoms with Crippen molar-refractivity contribution in [2.24, 2.45) is 0 Å². The summed E-state index contributed by atoms with van der Waals surface area (Å²) in [5.41, 5.74) is 1.61. The summed E-state index contributed by atoms with van der Waals surface area (Å²) in [4.78, 5) is 33.7. The van der Waals surface area contributed by atoms with Crippen LogP contribution in [0.2, 0.25) is 5.02 Å². The molecule has 0 saturated heterocycles. The van der Waals surface area contributed by atoms with Crippen LogP contribution in [0.1, 0.15) is 36.8 Å². The van der Waals surface area contributed by atoms with Gasteiger partial charge < -0.3 is 4.52 Å². The molecular formula is C22H19ClF3N3O4. The van der Waals surface area contributed by atoms with Gasteiger partial charge in [0.25, 0.3) is 0 Å². The van der Waals surface area contributed by atoms with Gasteiger partial charge in [0, 0.05) is 17.0 Å². The minimum absolute atomic E-state index is 0.0312. The lowest BCUT2D eigenvalue weighted by atomic mass is 10.1. The van der Waals surface area contributed by atoms with Crippen LogP contribution in [-0.2, 0) is 33.8 Å². The van der Waals surface area contributed by atoms with Gasteiger partial charge in [-0.05, 0) is 29.7 Å². The van der Waals surface area contributed by atoms with Gasteiger partial charge in [-0.2, -0.15) is 18.2 Å². The Hall–Kier alpha value is -3.24. The van der Waals surface area contributed by atoms with Gasteiger partial charge in [-0.15, -0.1) is 0 Å². The van der Waals surface area contributed by atoms with E-state index in [1.54, 1.807) is 43.3 Å². The number of hydroxylamine groups is 2. The molecule has 0 bridgehead atoms. The number of hydrogen-bond donors (Lipinski definition) is 0. The van der Waals surface area contributed by atoms with E-state index < -0.39 is 23.8 Å². The fourth-order valence-corrected chi connectivity index (χ4v) is 2.89. The second-order valence-electron chi connectivity index (χ2n) is 7.03. The van der Waals surface area contributed by atoms with Crippen molar-refractivity contribution in [2.75, 3.05) is 0 Å². The smallest absolute Gasteiger partial charge is 0.329 e. The topological polar surface area (TPSA) is 85.5 Å². The minimum atomic E-state index is -4.74. The number of benzene rings is 2. The summed E-state index contributed by atoms with van der Waals surface area (Å²) in [6, 6.07) is 12.9. The monoisotopic (exact) mass is 481 g/mol. The Balaban J connectivity index is 1.73. The normalized spacial score (nSPS) is 11.4. The predicted molar refractivity (Wildman–Crippen MR) is 111 cm³/mol. The third kappa shape index (κ3) is 6.62. The van der Waals surface area contributed by atoms with Crippen LogP contribution in [-0.4, -0.2) is 26.9 Å². The van der Waals surface area contributed by atoms with Crippen molar-refractivity contribution in [1.29, 1.82) is 0 Å². The van der Waals surface area contributed by atoms with Crippen LogP contribution in [0.25, 0.3) is 11.4 Å². The van der Waals surface area contributed by atoms with Gasteiger partial charge in [-0.3, -0.25) is 14.4 Å². The molecule has 174 valence electrons. The Morgan fingerprint density at radius 1 is 1.06 bits per heavy atom. The molecule has 0 radical (unpaired) electrons. The van der Waals surface area contributed by atoms with E-state index in [2.05, 4.69) is 14.7 Å². The molecular weight excluding hydrogens is 463 g/mol. The zero-order chi connectivity index (χ0) is 24.0. The van der Waals surface area contributed by atoms with Crippen molar-refractivity contribution < 1.29 is 32.1 Å². The van der Waals surface area contributed by atoms with Crippen molar-refractivity contribution in [3.8, 4) is 11.4 Å². The molecule has 0 aliphatic heterocycles. The lowest BCUT2D eigenvalue weighted by molar-refractivity contribution is -0.196. The molecule has 0 fully saturated rings. The van der Waals surface area contributed by atoms with Crippen molar-refractivity contribution in [3.05, 3.63) is 70.6 Å². The third-order valence-corrected chi connectivity index (χ3v) is 4.70. The first kappa shape index (κ1) is 24.4. The fourth-order valence-electron chi connectivity index (χ4n) is 2.76. The number of aromatic nitrogens is 2. The van der Waals surface area contributed by atoms with Crippen LogP contribution >= 0.6 is 11.6 Å². The maximum atomic E-state index is 12.7. The number of carbonyl (C=O) groups is 2. The number of halogens is 4. The fraction of sp³-hybridized carbons (Fsp3) is 0.273. The largest absolute Gasteiger partial charge is 0.471 e. The number of ketones is 1. The van der Waals surface area contributed by atoms with E-state index in [4.69, 9.17) is 16.4 Å². The van der Waals surface area contributed by atoms with Gasteiger partial charge in [-0.1, -0.05) is 60.1 Å². The van der Waals surface area contributed by atoms with E-state index >= 15 is 0 Å². The summed E-state index contributed by atoms with van der Waals surface area (Å²) in [6.07, 6.45) is -4.15. The molecule has 0 saturated carbocycles. The summed E-state index contributed by atoms with van der Waals surface area (Å²) in [6.45, 7) is 1.76. The van der Waals surface area contributed by atoms with Crippen molar-refractivity contribution in [2.45, 2.75) is 39.1 Å². The molecule has 1 heterocycles. The second kappa shape index (κ2) is 10.6. The van der Waals surface area contributed by atoms with Crippen LogP contribution in [0.4, 0.5) is 13.2 Å². The highest BCUT2D eigenvalue weighted by Crippen LogP contribution is 2.29. The van der Waals surface area contributed by atoms with E-state index in [-0.39, 0.29) is 25.4 Å². The molecule has 0 aliphatic carbocycles. The second-order valence-corrected chi connectivity index (χ2v) is 7.47. The Morgan fingerprint density at radius 3 is 2.27 bits per heavy atom. The Morgan fingerprint density at radius 2 is 1.70 bits per heavy atom.